The highest BCUT2D eigenvalue weighted by Crippen LogP contribution is 2.39. The molecule has 290 valence electrons. The number of fused-ring (bicyclic) bond motifs is 6. The molecule has 0 aliphatic rings. The summed E-state index contributed by atoms with van der Waals surface area (Å²) < 4.78 is 4.73. The van der Waals surface area contributed by atoms with Gasteiger partial charge in [0.05, 0.1) is 33.5 Å². The molecule has 0 amide bonds. The molecule has 0 saturated carbocycles. The molecule has 12 rings (SSSR count). The molecule has 0 saturated heterocycles. The van der Waals surface area contributed by atoms with Gasteiger partial charge in [-0.25, -0.2) is 15.0 Å². The van der Waals surface area contributed by atoms with Crippen molar-refractivity contribution in [1.29, 1.82) is 0 Å². The van der Waals surface area contributed by atoms with E-state index in [-0.39, 0.29) is 0 Å². The molecule has 0 N–H and O–H groups in total. The van der Waals surface area contributed by atoms with Gasteiger partial charge in [-0.2, -0.15) is 0 Å². The predicted molar refractivity (Wildman–Crippen MR) is 251 cm³/mol. The lowest BCUT2D eigenvalue weighted by molar-refractivity contribution is 1.07. The Kier molecular flexibility index (Phi) is 8.35. The van der Waals surface area contributed by atoms with Crippen molar-refractivity contribution in [2.75, 3.05) is 0 Å². The Morgan fingerprint density at radius 1 is 0.274 bits per heavy atom. The van der Waals surface area contributed by atoms with Crippen LogP contribution in [0.15, 0.2) is 213 Å². The minimum absolute atomic E-state index is 0.581. The standard InChI is InChI=1S/C55H35N7/c1-3-15-36(16-4-1)53-58-54(37-17-5-2-6-18-37)60-55(59-53)40-31-41(61-49-23-9-7-19-43(49)45-33-38(25-27-51(45)61)47-21-11-13-29-56-47)35-42(32-40)62-50-24-10-8-20-44(50)46-34-39(26-28-52(46)62)48-22-12-14-30-57-48/h1-35H. The molecule has 0 fully saturated rings. The molecule has 12 aromatic rings. The first-order valence-electron chi connectivity index (χ1n) is 20.7. The van der Waals surface area contributed by atoms with Crippen LogP contribution in [0.1, 0.15) is 0 Å². The van der Waals surface area contributed by atoms with Crippen molar-refractivity contribution in [2.24, 2.45) is 0 Å². The van der Waals surface area contributed by atoms with Gasteiger partial charge in [-0.3, -0.25) is 9.97 Å². The molecule has 7 aromatic carbocycles. The van der Waals surface area contributed by atoms with Crippen LogP contribution in [-0.4, -0.2) is 34.1 Å². The summed E-state index contributed by atoms with van der Waals surface area (Å²) in [5.74, 6) is 1.80. The number of rotatable bonds is 7. The van der Waals surface area contributed by atoms with Gasteiger partial charge in [0.15, 0.2) is 17.5 Å². The van der Waals surface area contributed by atoms with Crippen LogP contribution >= 0.6 is 0 Å². The first kappa shape index (κ1) is 35.4. The van der Waals surface area contributed by atoms with Gasteiger partial charge < -0.3 is 9.13 Å². The van der Waals surface area contributed by atoms with Gasteiger partial charge in [-0.05, 0) is 78.9 Å². The highest BCUT2D eigenvalue weighted by atomic mass is 15.0. The minimum Gasteiger partial charge on any atom is -0.309 e. The SMILES string of the molecule is c1ccc(-c2nc(-c3ccccc3)nc(-c3cc(-n4c5ccccc5c5cc(-c6ccccn6)ccc54)cc(-n4c5ccccc5c5cc(-c6ccccn6)ccc54)c3)n2)cc1. The molecular weight excluding hydrogens is 759 g/mol. The van der Waals surface area contributed by atoms with E-state index in [1.807, 2.05) is 97.3 Å². The first-order chi connectivity index (χ1) is 30.7. The fourth-order valence-corrected chi connectivity index (χ4v) is 8.81. The van der Waals surface area contributed by atoms with E-state index < -0.39 is 0 Å². The second-order valence-corrected chi connectivity index (χ2v) is 15.4. The van der Waals surface area contributed by atoms with Crippen molar-refractivity contribution in [3.63, 3.8) is 0 Å². The van der Waals surface area contributed by atoms with Crippen LogP contribution in [0.4, 0.5) is 0 Å². The van der Waals surface area contributed by atoms with Crippen LogP contribution in [0, 0.1) is 0 Å². The third-order valence-corrected chi connectivity index (χ3v) is 11.6. The van der Waals surface area contributed by atoms with Crippen LogP contribution in [0.25, 0.3) is 112 Å². The van der Waals surface area contributed by atoms with Crippen molar-refractivity contribution in [1.82, 2.24) is 34.1 Å². The summed E-state index contributed by atoms with van der Waals surface area (Å²) in [6.45, 7) is 0. The average molecular weight is 794 g/mol. The number of hydrogen-bond donors (Lipinski definition) is 0. The Labute approximate surface area is 356 Å². The summed E-state index contributed by atoms with van der Waals surface area (Å²) in [6, 6.07) is 69.6. The molecule has 5 heterocycles. The van der Waals surface area contributed by atoms with E-state index in [4.69, 9.17) is 15.0 Å². The zero-order valence-corrected chi connectivity index (χ0v) is 33.3. The zero-order chi connectivity index (χ0) is 41.0. The van der Waals surface area contributed by atoms with Gasteiger partial charge in [-0.15, -0.1) is 0 Å². The molecule has 0 unspecified atom stereocenters. The zero-order valence-electron chi connectivity index (χ0n) is 33.3. The Hall–Kier alpha value is -8.55. The maximum atomic E-state index is 5.23. The molecule has 0 spiro atoms. The van der Waals surface area contributed by atoms with Gasteiger partial charge in [-0.1, -0.05) is 121 Å². The Bertz CT molecular complexity index is 3380. The van der Waals surface area contributed by atoms with Crippen molar-refractivity contribution in [3.8, 4) is 68.1 Å². The molecule has 7 heteroatoms. The molecule has 0 bridgehead atoms. The number of para-hydroxylation sites is 2. The van der Waals surface area contributed by atoms with E-state index in [1.165, 1.54) is 0 Å². The number of nitrogens with zero attached hydrogens (tertiary/aromatic N) is 7. The van der Waals surface area contributed by atoms with E-state index in [2.05, 4.69) is 134 Å². The predicted octanol–water partition coefficient (Wildman–Crippen LogP) is 13.2. The van der Waals surface area contributed by atoms with Gasteiger partial charge in [0.25, 0.3) is 0 Å². The maximum absolute atomic E-state index is 5.23. The van der Waals surface area contributed by atoms with Crippen molar-refractivity contribution in [3.05, 3.63) is 213 Å². The molecule has 5 aromatic heterocycles. The maximum Gasteiger partial charge on any atom is 0.164 e. The van der Waals surface area contributed by atoms with Crippen LogP contribution in [-0.2, 0) is 0 Å². The summed E-state index contributed by atoms with van der Waals surface area (Å²) >= 11 is 0. The number of benzene rings is 7. The van der Waals surface area contributed by atoms with E-state index in [9.17, 15) is 0 Å². The normalized spacial score (nSPS) is 11.5. The fraction of sp³-hybridized carbons (Fsp3) is 0. The fourth-order valence-electron chi connectivity index (χ4n) is 8.81. The van der Waals surface area contributed by atoms with E-state index >= 15 is 0 Å². The quantitative estimate of drug-likeness (QED) is 0.161. The van der Waals surface area contributed by atoms with Gasteiger partial charge >= 0.3 is 0 Å². The molecule has 0 radical (unpaired) electrons. The summed E-state index contributed by atoms with van der Waals surface area (Å²) in [5, 5.41) is 4.60. The third kappa shape index (κ3) is 6.02. The molecule has 7 nitrogen and oxygen atoms in total. The molecule has 0 aliphatic heterocycles. The Balaban J connectivity index is 1.15. The first-order valence-corrected chi connectivity index (χ1v) is 20.7. The molecular formula is C55H35N7. The molecule has 62 heavy (non-hydrogen) atoms. The van der Waals surface area contributed by atoms with E-state index in [1.54, 1.807) is 0 Å². The summed E-state index contributed by atoms with van der Waals surface area (Å²) in [4.78, 5) is 24.9. The largest absolute Gasteiger partial charge is 0.309 e. The average Bonchev–Trinajstić information content (AvgIpc) is 3.87. The van der Waals surface area contributed by atoms with Crippen LogP contribution in [0.3, 0.4) is 0 Å². The van der Waals surface area contributed by atoms with Crippen LogP contribution < -0.4 is 0 Å². The molecule has 0 aliphatic carbocycles. The number of aromatic nitrogens is 7. The number of hydrogen-bond acceptors (Lipinski definition) is 5. The van der Waals surface area contributed by atoms with Gasteiger partial charge in [0.2, 0.25) is 0 Å². The number of pyridine rings is 2. The highest BCUT2D eigenvalue weighted by molar-refractivity contribution is 6.12. The lowest BCUT2D eigenvalue weighted by Gasteiger charge is -2.16. The Morgan fingerprint density at radius 3 is 1.13 bits per heavy atom. The summed E-state index contributed by atoms with van der Waals surface area (Å²) in [6.07, 6.45) is 3.69. The van der Waals surface area contributed by atoms with E-state index in [0.717, 1.165) is 94.2 Å². The van der Waals surface area contributed by atoms with Crippen molar-refractivity contribution >= 4 is 43.6 Å². The van der Waals surface area contributed by atoms with Crippen molar-refractivity contribution < 1.29 is 0 Å². The smallest absolute Gasteiger partial charge is 0.164 e. The summed E-state index contributed by atoms with van der Waals surface area (Å²) in [5.41, 5.74) is 13.0. The third-order valence-electron chi connectivity index (χ3n) is 11.6. The Morgan fingerprint density at radius 2 is 0.677 bits per heavy atom. The van der Waals surface area contributed by atoms with Crippen molar-refractivity contribution in [2.45, 2.75) is 0 Å². The highest BCUT2D eigenvalue weighted by Gasteiger charge is 2.20. The van der Waals surface area contributed by atoms with Gasteiger partial charge in [0, 0.05) is 73.1 Å². The lowest BCUT2D eigenvalue weighted by Crippen LogP contribution is -2.03. The lowest BCUT2D eigenvalue weighted by atomic mass is 10.1. The monoisotopic (exact) mass is 793 g/mol. The minimum atomic E-state index is 0.581. The van der Waals surface area contributed by atoms with E-state index in [0.29, 0.717) is 17.5 Å². The topological polar surface area (TPSA) is 74.3 Å². The second kappa shape index (κ2) is 14.6. The van der Waals surface area contributed by atoms with Crippen LogP contribution in [0.2, 0.25) is 0 Å². The molecule has 0 atom stereocenters. The summed E-state index contributed by atoms with van der Waals surface area (Å²) in [7, 11) is 0. The van der Waals surface area contributed by atoms with Gasteiger partial charge in [0.1, 0.15) is 0 Å². The van der Waals surface area contributed by atoms with Crippen LogP contribution in [0.5, 0.6) is 0 Å². The second-order valence-electron chi connectivity index (χ2n) is 15.4.